The number of aryl methyl sites for hydroxylation is 1. The second kappa shape index (κ2) is 9.60. The second-order valence-electron chi connectivity index (χ2n) is 7.98. The van der Waals surface area contributed by atoms with Crippen molar-refractivity contribution in [1.29, 1.82) is 0 Å². The van der Waals surface area contributed by atoms with Crippen molar-refractivity contribution in [2.45, 2.75) is 78.4 Å². The van der Waals surface area contributed by atoms with E-state index in [2.05, 4.69) is 11.9 Å². The topological polar surface area (TPSA) is 73.9 Å². The van der Waals surface area contributed by atoms with Crippen LogP contribution in [-0.2, 0) is 16.0 Å². The average Bonchev–Trinajstić information content (AvgIpc) is 2.52. The molecule has 0 bridgehead atoms. The number of rotatable bonds is 9. The van der Waals surface area contributed by atoms with Crippen LogP contribution in [0.4, 0.5) is 0 Å². The molecule has 0 heterocycles. The largest absolute Gasteiger partial charge is 0.476 e. The van der Waals surface area contributed by atoms with Gasteiger partial charge in [0.05, 0.1) is 5.84 Å². The van der Waals surface area contributed by atoms with Crippen LogP contribution in [0.15, 0.2) is 29.3 Å². The van der Waals surface area contributed by atoms with Crippen LogP contribution in [0.3, 0.4) is 0 Å². The zero-order valence-electron chi connectivity index (χ0n) is 17.1. The molecule has 0 aliphatic carbocycles. The van der Waals surface area contributed by atoms with E-state index in [9.17, 15) is 4.79 Å². The molecule has 5 nitrogen and oxygen atoms in total. The van der Waals surface area contributed by atoms with Crippen molar-refractivity contribution in [1.82, 2.24) is 0 Å². The van der Waals surface area contributed by atoms with Crippen LogP contribution in [0.2, 0.25) is 0 Å². The van der Waals surface area contributed by atoms with Gasteiger partial charge in [-0.1, -0.05) is 19.1 Å². The van der Waals surface area contributed by atoms with Crippen molar-refractivity contribution in [3.05, 3.63) is 29.8 Å². The van der Waals surface area contributed by atoms with Crippen LogP contribution in [-0.4, -0.2) is 29.6 Å². The average molecular weight is 363 g/mol. The standard InChI is InChI=1S/C21H34N2O3/c1-7-15-23-18(22)10-8-9-16-11-13-17(14-12-16)25-21(5,6)19(24)26-20(2,3)4/h11-14H,7-10,15H2,1-6H3,(H2,22,23). The van der Waals surface area contributed by atoms with Crippen molar-refractivity contribution >= 4 is 11.8 Å². The van der Waals surface area contributed by atoms with Gasteiger partial charge in [-0.25, -0.2) is 4.79 Å². The molecule has 0 unspecified atom stereocenters. The summed E-state index contributed by atoms with van der Waals surface area (Å²) in [6.45, 7) is 11.8. The zero-order chi connectivity index (χ0) is 19.8. The summed E-state index contributed by atoms with van der Waals surface area (Å²) in [6, 6.07) is 7.80. The third-order valence-electron chi connectivity index (χ3n) is 3.62. The summed E-state index contributed by atoms with van der Waals surface area (Å²) in [6.07, 6.45) is 3.71. The minimum absolute atomic E-state index is 0.379. The summed E-state index contributed by atoms with van der Waals surface area (Å²) in [4.78, 5) is 16.6. The van der Waals surface area contributed by atoms with Crippen LogP contribution < -0.4 is 10.5 Å². The first-order chi connectivity index (χ1) is 12.0. The second-order valence-corrected chi connectivity index (χ2v) is 7.98. The lowest BCUT2D eigenvalue weighted by Gasteiger charge is -2.29. The molecule has 0 saturated heterocycles. The fourth-order valence-electron chi connectivity index (χ4n) is 2.27. The molecule has 1 aromatic carbocycles. The highest BCUT2D eigenvalue weighted by Crippen LogP contribution is 2.22. The quantitative estimate of drug-likeness (QED) is 0.404. The summed E-state index contributed by atoms with van der Waals surface area (Å²) >= 11 is 0. The van der Waals surface area contributed by atoms with E-state index in [4.69, 9.17) is 15.2 Å². The maximum absolute atomic E-state index is 12.3. The van der Waals surface area contributed by atoms with Crippen LogP contribution in [0, 0.1) is 0 Å². The zero-order valence-corrected chi connectivity index (χ0v) is 17.1. The highest BCUT2D eigenvalue weighted by Gasteiger charge is 2.34. The minimum Gasteiger partial charge on any atom is -0.476 e. The van der Waals surface area contributed by atoms with Gasteiger partial charge in [0, 0.05) is 13.0 Å². The van der Waals surface area contributed by atoms with Gasteiger partial charge in [-0.3, -0.25) is 4.99 Å². The van der Waals surface area contributed by atoms with Gasteiger partial charge in [0.25, 0.3) is 0 Å². The monoisotopic (exact) mass is 362 g/mol. The fourth-order valence-corrected chi connectivity index (χ4v) is 2.27. The van der Waals surface area contributed by atoms with E-state index < -0.39 is 11.2 Å². The molecule has 0 amide bonds. The van der Waals surface area contributed by atoms with Gasteiger partial charge in [0.1, 0.15) is 11.4 Å². The molecule has 0 fully saturated rings. The Bertz CT molecular complexity index is 599. The lowest BCUT2D eigenvalue weighted by Crippen LogP contribution is -2.43. The van der Waals surface area contributed by atoms with E-state index in [1.807, 2.05) is 45.0 Å². The van der Waals surface area contributed by atoms with Crippen molar-refractivity contribution in [2.75, 3.05) is 6.54 Å². The number of amidine groups is 1. The van der Waals surface area contributed by atoms with Gasteiger partial charge in [-0.15, -0.1) is 0 Å². The molecule has 0 atom stereocenters. The van der Waals surface area contributed by atoms with Gasteiger partial charge < -0.3 is 15.2 Å². The Balaban J connectivity index is 2.55. The molecule has 5 heteroatoms. The summed E-state index contributed by atoms with van der Waals surface area (Å²) in [5, 5.41) is 0. The maximum atomic E-state index is 12.3. The van der Waals surface area contributed by atoms with Crippen LogP contribution in [0.1, 0.15) is 66.4 Å². The first-order valence-corrected chi connectivity index (χ1v) is 9.33. The van der Waals surface area contributed by atoms with Gasteiger partial charge >= 0.3 is 5.97 Å². The van der Waals surface area contributed by atoms with E-state index in [1.165, 1.54) is 5.56 Å². The number of esters is 1. The maximum Gasteiger partial charge on any atom is 0.350 e. The van der Waals surface area contributed by atoms with Crippen LogP contribution >= 0.6 is 0 Å². The van der Waals surface area contributed by atoms with E-state index in [-0.39, 0.29) is 5.97 Å². The third-order valence-corrected chi connectivity index (χ3v) is 3.62. The van der Waals surface area contributed by atoms with Gasteiger partial charge in [0.2, 0.25) is 0 Å². The molecular formula is C21H34N2O3. The van der Waals surface area contributed by atoms with Crippen molar-refractivity contribution in [2.24, 2.45) is 10.7 Å². The Morgan fingerprint density at radius 2 is 1.73 bits per heavy atom. The molecule has 0 aromatic heterocycles. The number of carbonyl (C=O) groups excluding carboxylic acids is 1. The van der Waals surface area contributed by atoms with Crippen molar-refractivity contribution in [3.63, 3.8) is 0 Å². The summed E-state index contributed by atoms with van der Waals surface area (Å²) in [5.74, 6) is 0.996. The van der Waals surface area contributed by atoms with Crippen molar-refractivity contribution < 1.29 is 14.3 Å². The summed E-state index contributed by atoms with van der Waals surface area (Å²) in [7, 11) is 0. The lowest BCUT2D eigenvalue weighted by molar-refractivity contribution is -0.170. The molecule has 26 heavy (non-hydrogen) atoms. The van der Waals surface area contributed by atoms with Gasteiger partial charge in [-0.05, 0) is 71.6 Å². The smallest absolute Gasteiger partial charge is 0.350 e. The number of nitrogens with zero attached hydrogens (tertiary/aromatic N) is 1. The van der Waals surface area contributed by atoms with Gasteiger partial charge in [-0.2, -0.15) is 0 Å². The molecule has 1 rings (SSSR count). The molecule has 0 radical (unpaired) electrons. The molecular weight excluding hydrogens is 328 g/mol. The Morgan fingerprint density at radius 3 is 2.27 bits per heavy atom. The molecule has 0 spiro atoms. The molecule has 2 N–H and O–H groups in total. The highest BCUT2D eigenvalue weighted by atomic mass is 16.6. The molecule has 0 aliphatic heterocycles. The van der Waals surface area contributed by atoms with E-state index in [1.54, 1.807) is 13.8 Å². The van der Waals surface area contributed by atoms with E-state index in [0.717, 1.165) is 38.1 Å². The molecule has 146 valence electrons. The minimum atomic E-state index is -1.04. The Hall–Kier alpha value is -2.04. The highest BCUT2D eigenvalue weighted by molar-refractivity contribution is 5.80. The molecule has 1 aromatic rings. The Morgan fingerprint density at radius 1 is 1.12 bits per heavy atom. The summed E-state index contributed by atoms with van der Waals surface area (Å²) in [5.41, 5.74) is 5.50. The number of hydrogen-bond acceptors (Lipinski definition) is 4. The number of carbonyl (C=O) groups is 1. The van der Waals surface area contributed by atoms with Gasteiger partial charge in [0.15, 0.2) is 5.60 Å². The van der Waals surface area contributed by atoms with Crippen molar-refractivity contribution in [3.8, 4) is 5.75 Å². The number of nitrogens with two attached hydrogens (primary N) is 1. The predicted octanol–water partition coefficient (Wildman–Crippen LogP) is 4.28. The number of benzene rings is 1. The third kappa shape index (κ3) is 8.37. The van der Waals surface area contributed by atoms with E-state index in [0.29, 0.717) is 5.75 Å². The predicted molar refractivity (Wildman–Crippen MR) is 107 cm³/mol. The SMILES string of the molecule is CCCN=C(N)CCCc1ccc(OC(C)(C)C(=O)OC(C)(C)C)cc1. The Kier molecular flexibility index (Phi) is 8.12. The number of ether oxygens (including phenoxy) is 2. The first kappa shape index (κ1) is 22.0. The summed E-state index contributed by atoms with van der Waals surface area (Å²) < 4.78 is 11.3. The molecule has 0 aliphatic rings. The number of hydrogen-bond donors (Lipinski definition) is 1. The molecule has 0 saturated carbocycles. The number of aliphatic imine (C=N–C) groups is 1. The van der Waals surface area contributed by atoms with Crippen LogP contribution in [0.5, 0.6) is 5.75 Å². The Labute approximate surface area is 158 Å². The lowest BCUT2D eigenvalue weighted by atomic mass is 10.1. The van der Waals surface area contributed by atoms with Crippen LogP contribution in [0.25, 0.3) is 0 Å². The normalized spacial score (nSPS) is 12.8. The first-order valence-electron chi connectivity index (χ1n) is 9.33. The van der Waals surface area contributed by atoms with E-state index >= 15 is 0 Å². The fraction of sp³-hybridized carbons (Fsp3) is 0.619.